The molecule has 0 unspecified atom stereocenters. The Labute approximate surface area is 226 Å². The predicted molar refractivity (Wildman–Crippen MR) is 145 cm³/mol. The van der Waals surface area contributed by atoms with Gasteiger partial charge in [0.1, 0.15) is 6.61 Å². The van der Waals surface area contributed by atoms with Gasteiger partial charge in [-0.1, -0.05) is 18.2 Å². The van der Waals surface area contributed by atoms with Crippen LogP contribution in [0.25, 0.3) is 6.08 Å². The number of hydrogen-bond donors (Lipinski definition) is 1. The molecule has 0 saturated carbocycles. The number of benzene rings is 3. The van der Waals surface area contributed by atoms with E-state index in [1.807, 2.05) is 18.2 Å². The van der Waals surface area contributed by atoms with Crippen LogP contribution >= 0.6 is 27.7 Å². The molecule has 1 aliphatic rings. The summed E-state index contributed by atoms with van der Waals surface area (Å²) in [5.74, 6) is -0.287. The molecule has 186 valence electrons. The largest absolute Gasteiger partial charge is 0.493 e. The van der Waals surface area contributed by atoms with E-state index in [1.165, 1.54) is 35.9 Å². The number of methoxy groups -OCH3 is 1. The van der Waals surface area contributed by atoms with Crippen LogP contribution in [0.15, 0.2) is 75.0 Å². The number of carboxylic acid groups (broad SMARTS) is 1. The first-order valence-electron chi connectivity index (χ1n) is 10.9. The van der Waals surface area contributed by atoms with Crippen LogP contribution < -0.4 is 9.47 Å². The molecular weight excluding hydrogens is 558 g/mol. The minimum Gasteiger partial charge on any atom is -0.493 e. The molecule has 0 aromatic heterocycles. The third-order valence-electron chi connectivity index (χ3n) is 5.40. The summed E-state index contributed by atoms with van der Waals surface area (Å²) in [6, 6.07) is 19.0. The van der Waals surface area contributed by atoms with Gasteiger partial charge in [-0.15, -0.1) is 0 Å². The molecule has 37 heavy (non-hydrogen) atoms. The van der Waals surface area contributed by atoms with Crippen molar-refractivity contribution in [2.24, 2.45) is 4.99 Å². The maximum atomic E-state index is 12.9. The molecule has 4 rings (SSSR count). The van der Waals surface area contributed by atoms with Gasteiger partial charge in [0, 0.05) is 12.6 Å². The van der Waals surface area contributed by atoms with E-state index < -0.39 is 5.97 Å². The van der Waals surface area contributed by atoms with Gasteiger partial charge in [0.05, 0.1) is 39.4 Å². The fourth-order valence-electron chi connectivity index (χ4n) is 3.46. The molecule has 3 aromatic rings. The Kier molecular flexibility index (Phi) is 7.96. The highest BCUT2D eigenvalue weighted by atomic mass is 79.9. The minimum absolute atomic E-state index is 0.161. The Morgan fingerprint density at radius 3 is 2.62 bits per heavy atom. The van der Waals surface area contributed by atoms with Crippen molar-refractivity contribution >= 4 is 56.5 Å². The van der Waals surface area contributed by atoms with Crippen molar-refractivity contribution in [1.82, 2.24) is 4.90 Å². The summed E-state index contributed by atoms with van der Waals surface area (Å²) < 4.78 is 12.1. The molecule has 0 bridgehead atoms. The summed E-state index contributed by atoms with van der Waals surface area (Å²) in [5.41, 5.74) is 2.71. The number of nitrogens with zero attached hydrogens (tertiary/aromatic N) is 3. The quantitative estimate of drug-likeness (QED) is 0.351. The summed E-state index contributed by atoms with van der Waals surface area (Å²) in [5, 5.41) is 18.8. The molecule has 1 N–H and O–H groups in total. The van der Waals surface area contributed by atoms with Gasteiger partial charge in [0.2, 0.25) is 0 Å². The lowest BCUT2D eigenvalue weighted by Gasteiger charge is -2.14. The van der Waals surface area contributed by atoms with Crippen molar-refractivity contribution < 1.29 is 24.2 Å². The van der Waals surface area contributed by atoms with Crippen LogP contribution in [-0.2, 0) is 11.4 Å². The van der Waals surface area contributed by atoms with E-state index in [2.05, 4.69) is 27.0 Å². The molecule has 3 aromatic carbocycles. The Bertz CT molecular complexity index is 1480. The first-order valence-corrected chi connectivity index (χ1v) is 12.5. The summed E-state index contributed by atoms with van der Waals surface area (Å²) in [7, 11) is 3.16. The number of ether oxygens (including phenoxy) is 2. The van der Waals surface area contributed by atoms with E-state index in [1.54, 1.807) is 43.5 Å². The number of amides is 1. The lowest BCUT2D eigenvalue weighted by Crippen LogP contribution is -2.23. The van der Waals surface area contributed by atoms with Gasteiger partial charge in [-0.05, 0) is 81.8 Å². The van der Waals surface area contributed by atoms with Gasteiger partial charge >= 0.3 is 5.97 Å². The highest BCUT2D eigenvalue weighted by Crippen LogP contribution is 2.39. The average molecular weight is 578 g/mol. The second-order valence-electron chi connectivity index (χ2n) is 7.81. The molecule has 10 heteroatoms. The van der Waals surface area contributed by atoms with Crippen LogP contribution in [0, 0.1) is 11.3 Å². The zero-order chi connectivity index (χ0) is 26.5. The summed E-state index contributed by atoms with van der Waals surface area (Å²) in [4.78, 5) is 30.3. The van der Waals surface area contributed by atoms with Gasteiger partial charge in [-0.2, -0.15) is 5.26 Å². The van der Waals surface area contributed by atoms with E-state index in [0.29, 0.717) is 42.9 Å². The van der Waals surface area contributed by atoms with Crippen molar-refractivity contribution in [3.05, 3.63) is 92.3 Å². The standard InChI is InChI=1S/C27H20BrN3O5S/c1-31-25(32)23(37-27(31)30-20-9-7-17(8-10-20)26(33)34)13-16-11-21(28)24(22(12-16)35-2)36-15-19-6-4-3-5-18(19)14-29/h3-13H,15H2,1-2H3,(H,33,34)/b23-13-,30-27?. The number of likely N-dealkylation sites (N-methyl/N-ethyl adjacent to an activating group) is 1. The fraction of sp³-hybridized carbons (Fsp3) is 0.111. The van der Waals surface area contributed by atoms with E-state index in [9.17, 15) is 14.9 Å². The number of aliphatic imine (C=N–C) groups is 1. The van der Waals surface area contributed by atoms with Gasteiger partial charge in [0.15, 0.2) is 16.7 Å². The van der Waals surface area contributed by atoms with Crippen LogP contribution in [0.1, 0.15) is 27.0 Å². The van der Waals surface area contributed by atoms with Gasteiger partial charge in [0.25, 0.3) is 5.91 Å². The van der Waals surface area contributed by atoms with Gasteiger partial charge < -0.3 is 14.6 Å². The number of carboxylic acids is 1. The number of amidine groups is 1. The van der Waals surface area contributed by atoms with E-state index in [-0.39, 0.29) is 18.1 Å². The molecule has 1 saturated heterocycles. The molecular formula is C27H20BrN3O5S. The number of rotatable bonds is 7. The van der Waals surface area contributed by atoms with Gasteiger partial charge in [-0.25, -0.2) is 9.79 Å². The van der Waals surface area contributed by atoms with Crippen molar-refractivity contribution in [3.63, 3.8) is 0 Å². The second kappa shape index (κ2) is 11.3. The van der Waals surface area contributed by atoms with Crippen molar-refractivity contribution in [1.29, 1.82) is 5.26 Å². The molecule has 1 heterocycles. The Morgan fingerprint density at radius 1 is 1.22 bits per heavy atom. The molecule has 1 aliphatic heterocycles. The van der Waals surface area contributed by atoms with Crippen LogP contribution in [0.4, 0.5) is 5.69 Å². The molecule has 0 spiro atoms. The fourth-order valence-corrected chi connectivity index (χ4v) is 5.02. The number of nitriles is 1. The van der Waals surface area contributed by atoms with E-state index in [0.717, 1.165) is 5.56 Å². The van der Waals surface area contributed by atoms with E-state index >= 15 is 0 Å². The Balaban J connectivity index is 1.56. The number of carbonyl (C=O) groups excluding carboxylic acids is 1. The first-order chi connectivity index (χ1) is 17.8. The van der Waals surface area contributed by atoms with Gasteiger partial charge in [-0.3, -0.25) is 9.69 Å². The monoisotopic (exact) mass is 577 g/mol. The Hall–Kier alpha value is -4.07. The highest BCUT2D eigenvalue weighted by Gasteiger charge is 2.30. The highest BCUT2D eigenvalue weighted by molar-refractivity contribution is 9.10. The van der Waals surface area contributed by atoms with Crippen molar-refractivity contribution in [2.45, 2.75) is 6.61 Å². The summed E-state index contributed by atoms with van der Waals surface area (Å²) in [6.07, 6.45) is 1.74. The Morgan fingerprint density at radius 2 is 1.95 bits per heavy atom. The van der Waals surface area contributed by atoms with E-state index in [4.69, 9.17) is 14.6 Å². The molecule has 1 amide bonds. The first kappa shape index (κ1) is 26.0. The van der Waals surface area contributed by atoms with Crippen LogP contribution in [0.5, 0.6) is 11.5 Å². The lowest BCUT2D eigenvalue weighted by atomic mass is 10.1. The summed E-state index contributed by atoms with van der Waals surface area (Å²) in [6.45, 7) is 0.186. The second-order valence-corrected chi connectivity index (χ2v) is 9.68. The maximum absolute atomic E-state index is 12.9. The molecule has 8 nitrogen and oxygen atoms in total. The molecule has 1 fully saturated rings. The van der Waals surface area contributed by atoms with Crippen LogP contribution in [-0.4, -0.2) is 41.2 Å². The molecule has 0 aliphatic carbocycles. The topological polar surface area (TPSA) is 112 Å². The lowest BCUT2D eigenvalue weighted by molar-refractivity contribution is -0.121. The third-order valence-corrected chi connectivity index (χ3v) is 7.05. The number of thioether (sulfide) groups is 1. The van der Waals surface area contributed by atoms with Crippen molar-refractivity contribution in [3.8, 4) is 17.6 Å². The zero-order valence-corrected chi connectivity index (χ0v) is 22.2. The maximum Gasteiger partial charge on any atom is 0.335 e. The smallest absolute Gasteiger partial charge is 0.335 e. The zero-order valence-electron chi connectivity index (χ0n) is 19.8. The normalized spacial score (nSPS) is 15.2. The number of hydrogen-bond acceptors (Lipinski definition) is 7. The molecule has 0 radical (unpaired) electrons. The number of carbonyl (C=O) groups is 2. The number of aromatic carboxylic acids is 1. The summed E-state index contributed by atoms with van der Waals surface area (Å²) >= 11 is 4.74. The molecule has 0 atom stereocenters. The van der Waals surface area contributed by atoms with Crippen molar-refractivity contribution in [2.75, 3.05) is 14.2 Å². The number of halogens is 1. The SMILES string of the molecule is COc1cc(/C=C2\SC(=Nc3ccc(C(=O)O)cc3)N(C)C2=O)cc(Br)c1OCc1ccccc1C#N. The minimum atomic E-state index is -1.02. The van der Waals surface area contributed by atoms with Crippen LogP contribution in [0.3, 0.4) is 0 Å². The third kappa shape index (κ3) is 5.85. The van der Waals surface area contributed by atoms with Crippen LogP contribution in [0.2, 0.25) is 0 Å². The average Bonchev–Trinajstić information content (AvgIpc) is 3.15. The predicted octanol–water partition coefficient (Wildman–Crippen LogP) is 5.84.